The number of carbonyl (C=O) groups is 3. The third-order valence-electron chi connectivity index (χ3n) is 7.97. The Kier molecular flexibility index (Phi) is 13.2. The summed E-state index contributed by atoms with van der Waals surface area (Å²) in [5, 5.41) is 13.7. The first kappa shape index (κ1) is 34.6. The molecule has 2 aromatic carbocycles. The molecule has 0 radical (unpaired) electrons. The maximum atomic E-state index is 14.1. The van der Waals surface area contributed by atoms with Crippen molar-refractivity contribution >= 4 is 45.4 Å². The largest absolute Gasteiger partial charge is 0.384 e. The zero-order valence-electron chi connectivity index (χ0n) is 25.5. The summed E-state index contributed by atoms with van der Waals surface area (Å²) in [6, 6.07) is 13.3. The summed E-state index contributed by atoms with van der Waals surface area (Å²) in [4.78, 5) is 46.5. The van der Waals surface area contributed by atoms with Gasteiger partial charge in [-0.15, -0.1) is 0 Å². The van der Waals surface area contributed by atoms with E-state index in [2.05, 4.69) is 31.6 Å². The van der Waals surface area contributed by atoms with E-state index in [-0.39, 0.29) is 35.4 Å². The van der Waals surface area contributed by atoms with Gasteiger partial charge in [0.1, 0.15) is 17.9 Å². The van der Waals surface area contributed by atoms with Crippen molar-refractivity contribution in [2.24, 2.45) is 28.1 Å². The zero-order chi connectivity index (χ0) is 32.2. The Hall–Kier alpha value is -3.93. The summed E-state index contributed by atoms with van der Waals surface area (Å²) in [6.07, 6.45) is 5.87. The van der Waals surface area contributed by atoms with Gasteiger partial charge in [-0.25, -0.2) is 0 Å². The van der Waals surface area contributed by atoms with Crippen molar-refractivity contribution < 1.29 is 14.4 Å². The molecular formula is C32H45BrN8O3. The Morgan fingerprint density at radius 3 is 2.27 bits per heavy atom. The average Bonchev–Trinajstić information content (AvgIpc) is 3.00. The van der Waals surface area contributed by atoms with Crippen molar-refractivity contribution in [1.29, 1.82) is 5.41 Å². The minimum Gasteiger partial charge on any atom is -0.384 e. The third kappa shape index (κ3) is 10.4. The summed E-state index contributed by atoms with van der Waals surface area (Å²) in [6.45, 7) is 0.333. The van der Waals surface area contributed by atoms with E-state index in [0.717, 1.165) is 47.7 Å². The van der Waals surface area contributed by atoms with E-state index in [1.807, 2.05) is 36.4 Å². The minimum absolute atomic E-state index is 0.0264. The number of guanidine groups is 1. The van der Waals surface area contributed by atoms with Gasteiger partial charge < -0.3 is 32.7 Å². The maximum absolute atomic E-state index is 14.1. The van der Waals surface area contributed by atoms with Crippen molar-refractivity contribution in [3.8, 4) is 0 Å². The van der Waals surface area contributed by atoms with Gasteiger partial charge in [0.15, 0.2) is 5.96 Å². The van der Waals surface area contributed by atoms with E-state index >= 15 is 0 Å². The van der Waals surface area contributed by atoms with Crippen molar-refractivity contribution in [3.63, 3.8) is 0 Å². The van der Waals surface area contributed by atoms with Gasteiger partial charge in [-0.3, -0.25) is 24.8 Å². The number of nitrogen functional groups attached to an aromatic ring is 1. The van der Waals surface area contributed by atoms with Crippen LogP contribution in [-0.4, -0.2) is 67.1 Å². The third-order valence-corrected chi connectivity index (χ3v) is 8.47. The number of hydrogen-bond donors (Lipinski definition) is 6. The average molecular weight is 670 g/mol. The quantitative estimate of drug-likeness (QED) is 0.102. The Morgan fingerprint density at radius 1 is 1.00 bits per heavy atom. The summed E-state index contributed by atoms with van der Waals surface area (Å²) >= 11 is 3.52. The second kappa shape index (κ2) is 16.8. The lowest BCUT2D eigenvalue weighted by molar-refractivity contribution is -0.136. The number of nitrogens with two attached hydrogens (primary N) is 3. The fraction of sp³-hybridized carbons (Fsp3) is 0.469. The fourth-order valence-electron chi connectivity index (χ4n) is 5.59. The van der Waals surface area contributed by atoms with Crippen LogP contribution in [0.1, 0.15) is 67.6 Å². The summed E-state index contributed by atoms with van der Waals surface area (Å²) in [7, 11) is 3.28. The van der Waals surface area contributed by atoms with Gasteiger partial charge in [0.05, 0.1) is 5.92 Å². The van der Waals surface area contributed by atoms with Gasteiger partial charge in [-0.05, 0) is 61.3 Å². The van der Waals surface area contributed by atoms with Gasteiger partial charge in [-0.1, -0.05) is 71.6 Å². The predicted molar refractivity (Wildman–Crippen MR) is 177 cm³/mol. The highest BCUT2D eigenvalue weighted by Gasteiger charge is 2.35. The van der Waals surface area contributed by atoms with E-state index < -0.39 is 18.0 Å². The van der Waals surface area contributed by atoms with E-state index in [0.29, 0.717) is 31.4 Å². The molecule has 11 nitrogen and oxygen atoms in total. The van der Waals surface area contributed by atoms with Crippen molar-refractivity contribution in [1.82, 2.24) is 15.5 Å². The molecule has 44 heavy (non-hydrogen) atoms. The van der Waals surface area contributed by atoms with Crippen LogP contribution in [0.15, 0.2) is 58.0 Å². The number of nitrogens with one attached hydrogen (secondary N) is 3. The van der Waals surface area contributed by atoms with Gasteiger partial charge in [0.2, 0.25) is 17.7 Å². The Bertz CT molecular complexity index is 1320. The monoisotopic (exact) mass is 668 g/mol. The first-order chi connectivity index (χ1) is 21.0. The molecule has 3 rings (SSSR count). The molecule has 0 spiro atoms. The second-order valence-electron chi connectivity index (χ2n) is 11.5. The molecule has 1 saturated carbocycles. The van der Waals surface area contributed by atoms with E-state index in [9.17, 15) is 14.4 Å². The number of halogens is 1. The maximum Gasteiger partial charge on any atom is 0.244 e. The van der Waals surface area contributed by atoms with Crippen LogP contribution in [0.25, 0.3) is 0 Å². The number of amidine groups is 1. The first-order valence-corrected chi connectivity index (χ1v) is 15.8. The number of carbonyl (C=O) groups excluding carboxylic acids is 3. The molecule has 0 aliphatic heterocycles. The molecule has 0 aromatic heterocycles. The number of nitrogens with zero attached hydrogens (tertiary/aromatic N) is 2. The highest BCUT2D eigenvalue weighted by atomic mass is 79.9. The summed E-state index contributed by atoms with van der Waals surface area (Å²) in [5.74, 6) is -1.58. The van der Waals surface area contributed by atoms with Crippen LogP contribution in [0.4, 0.5) is 0 Å². The highest BCUT2D eigenvalue weighted by Crippen LogP contribution is 2.29. The first-order valence-electron chi connectivity index (χ1n) is 15.0. The minimum atomic E-state index is -0.798. The van der Waals surface area contributed by atoms with Crippen LogP contribution in [0.2, 0.25) is 0 Å². The van der Waals surface area contributed by atoms with Gasteiger partial charge in [0.25, 0.3) is 0 Å². The number of likely N-dealkylation sites (N-methyl/N-ethyl adjacent to an activating group) is 1. The van der Waals surface area contributed by atoms with Gasteiger partial charge in [-0.2, -0.15) is 0 Å². The molecule has 3 amide bonds. The molecule has 1 fully saturated rings. The lowest BCUT2D eigenvalue weighted by Crippen LogP contribution is -2.56. The van der Waals surface area contributed by atoms with E-state index in [1.54, 1.807) is 26.2 Å². The van der Waals surface area contributed by atoms with Crippen LogP contribution in [-0.2, 0) is 20.8 Å². The molecule has 0 saturated heterocycles. The second-order valence-corrected chi connectivity index (χ2v) is 12.5. The molecular weight excluding hydrogens is 624 g/mol. The molecule has 0 heterocycles. The fourth-order valence-corrected chi connectivity index (χ4v) is 6.01. The smallest absolute Gasteiger partial charge is 0.244 e. The van der Waals surface area contributed by atoms with Crippen LogP contribution in [0, 0.1) is 11.3 Å². The Labute approximate surface area is 268 Å². The normalized spacial score (nSPS) is 15.3. The van der Waals surface area contributed by atoms with Gasteiger partial charge >= 0.3 is 0 Å². The molecule has 1 unspecified atom stereocenters. The lowest BCUT2D eigenvalue weighted by Gasteiger charge is -2.33. The predicted octanol–water partition coefficient (Wildman–Crippen LogP) is 2.75. The topological polar surface area (TPSA) is 193 Å². The molecule has 1 aliphatic carbocycles. The van der Waals surface area contributed by atoms with Crippen molar-refractivity contribution in [3.05, 3.63) is 69.7 Å². The van der Waals surface area contributed by atoms with Crippen LogP contribution in [0.5, 0.6) is 0 Å². The standard InChI is InChI=1S/C32H45BrN8O3/c1-41(2)31(44)26(12-7-17-38-32(36)37)39-30(43)27(21-8-4-3-5-9-21)40-29(42)25(23-10-6-11-24(33)19-23)18-20-13-15-22(16-14-20)28(34)35/h6,10-11,13-16,19,21,25-27H,3-5,7-9,12,17-18H2,1-2H3,(H3,34,35)(H,39,43)(H,40,42)(H4,36,37,38)/t25?,26-,27-/m0/s1. The number of hydrogen-bond acceptors (Lipinski definition) is 5. The summed E-state index contributed by atoms with van der Waals surface area (Å²) < 4.78 is 0.840. The van der Waals surface area contributed by atoms with E-state index in [1.165, 1.54) is 4.90 Å². The number of aliphatic imine (C=N–C) groups is 1. The van der Waals surface area contributed by atoms with Crippen molar-refractivity contribution in [2.75, 3.05) is 20.6 Å². The molecule has 2 aromatic rings. The van der Waals surface area contributed by atoms with E-state index in [4.69, 9.17) is 22.6 Å². The number of benzene rings is 2. The zero-order valence-corrected chi connectivity index (χ0v) is 27.1. The Balaban J connectivity index is 1.88. The van der Waals surface area contributed by atoms with Gasteiger partial charge in [0, 0.05) is 30.7 Å². The summed E-state index contributed by atoms with van der Waals surface area (Å²) in [5.41, 5.74) is 18.8. The van der Waals surface area contributed by atoms with Crippen LogP contribution in [0.3, 0.4) is 0 Å². The molecule has 3 atom stereocenters. The number of rotatable bonds is 14. The SMILES string of the molecule is CN(C)C(=O)[C@H](CCCN=C(N)N)NC(=O)[C@@H](NC(=O)C(Cc1ccc(C(=N)N)cc1)c1cccc(Br)c1)C1CCCCC1. The van der Waals surface area contributed by atoms with Crippen molar-refractivity contribution in [2.45, 2.75) is 69.4 Å². The highest BCUT2D eigenvalue weighted by molar-refractivity contribution is 9.10. The lowest BCUT2D eigenvalue weighted by atomic mass is 9.82. The molecule has 12 heteroatoms. The molecule has 9 N–H and O–H groups in total. The Morgan fingerprint density at radius 2 is 1.68 bits per heavy atom. The van der Waals surface area contributed by atoms with Crippen LogP contribution < -0.4 is 27.8 Å². The molecule has 238 valence electrons. The van der Waals surface area contributed by atoms with Crippen LogP contribution >= 0.6 is 15.9 Å². The molecule has 0 bridgehead atoms. The molecule has 1 aliphatic rings. The number of amides is 3.